The molecule has 4 rings (SSSR count). The van der Waals surface area contributed by atoms with E-state index < -0.39 is 0 Å². The van der Waals surface area contributed by atoms with Gasteiger partial charge < -0.3 is 9.30 Å². The molecule has 2 aromatic heterocycles. The molecular formula is C16H16ClN5OS. The topological polar surface area (TPSA) is 57.8 Å². The van der Waals surface area contributed by atoms with E-state index in [1.54, 1.807) is 6.33 Å². The van der Waals surface area contributed by atoms with Gasteiger partial charge in [-0.1, -0.05) is 0 Å². The number of halogens is 1. The Hall–Kier alpha value is -1.99. The van der Waals surface area contributed by atoms with E-state index in [0.717, 1.165) is 40.1 Å². The molecule has 0 bridgehead atoms. The summed E-state index contributed by atoms with van der Waals surface area (Å²) in [7, 11) is 7.09. The number of benzene rings is 1. The molecule has 0 aliphatic carbocycles. The smallest absolute Gasteiger partial charge is 0.178 e. The highest BCUT2D eigenvalue weighted by molar-refractivity contribution is 8.21. The van der Waals surface area contributed by atoms with Crippen LogP contribution < -0.4 is 4.74 Å². The zero-order chi connectivity index (χ0) is 16.7. The Kier molecular flexibility index (Phi) is 3.97. The third-order valence-electron chi connectivity index (χ3n) is 3.94. The van der Waals surface area contributed by atoms with Gasteiger partial charge in [0, 0.05) is 17.1 Å². The van der Waals surface area contributed by atoms with Gasteiger partial charge in [0.2, 0.25) is 0 Å². The van der Waals surface area contributed by atoms with Gasteiger partial charge in [0.05, 0.1) is 12.1 Å². The van der Waals surface area contributed by atoms with Crippen LogP contribution in [0.1, 0.15) is 19.9 Å². The van der Waals surface area contributed by atoms with E-state index in [4.69, 9.17) is 20.4 Å². The van der Waals surface area contributed by atoms with Crippen molar-refractivity contribution in [3.63, 3.8) is 0 Å². The molecule has 1 aliphatic rings. The molecule has 0 atom stereocenters. The largest absolute Gasteiger partial charge is 0.491 e. The maximum Gasteiger partial charge on any atom is 0.178 e. The fourth-order valence-corrected chi connectivity index (χ4v) is 3.40. The zero-order valence-corrected chi connectivity index (χ0v) is 14.9. The van der Waals surface area contributed by atoms with Crippen LogP contribution in [0.25, 0.3) is 22.9 Å². The van der Waals surface area contributed by atoms with E-state index in [9.17, 15) is 0 Å². The van der Waals surface area contributed by atoms with Gasteiger partial charge in [0.1, 0.15) is 30.2 Å². The van der Waals surface area contributed by atoms with Crippen LogP contribution in [-0.2, 0) is 6.54 Å². The molecule has 0 fully saturated rings. The number of rotatable bonds is 3. The molecule has 0 amide bonds. The van der Waals surface area contributed by atoms with E-state index in [1.807, 2.05) is 29.1 Å². The number of ether oxygens (including phenoxy) is 1. The van der Waals surface area contributed by atoms with Crippen LogP contribution in [0.2, 0.25) is 0 Å². The Bertz CT molecular complexity index is 888. The highest BCUT2D eigenvalue weighted by Crippen LogP contribution is 2.37. The summed E-state index contributed by atoms with van der Waals surface area (Å²) in [5.41, 5.74) is 1.76. The second-order valence-corrected chi connectivity index (χ2v) is 6.94. The van der Waals surface area contributed by atoms with Gasteiger partial charge in [0.15, 0.2) is 5.82 Å². The lowest BCUT2D eigenvalue weighted by Crippen LogP contribution is -2.06. The monoisotopic (exact) mass is 361 g/mol. The van der Waals surface area contributed by atoms with Crippen molar-refractivity contribution >= 4 is 21.7 Å². The maximum atomic E-state index is 5.91. The van der Waals surface area contributed by atoms with Crippen molar-refractivity contribution in [2.24, 2.45) is 0 Å². The van der Waals surface area contributed by atoms with Crippen molar-refractivity contribution in [2.75, 3.05) is 6.61 Å². The molecule has 6 nitrogen and oxygen atoms in total. The minimum Gasteiger partial charge on any atom is -0.491 e. The molecule has 0 spiro atoms. The second-order valence-electron chi connectivity index (χ2n) is 5.85. The second kappa shape index (κ2) is 6.14. The Balaban J connectivity index is 1.86. The predicted octanol–water partition coefficient (Wildman–Crippen LogP) is 4.03. The summed E-state index contributed by atoms with van der Waals surface area (Å²) in [5, 5.41) is 4.30. The molecule has 1 aromatic carbocycles. The van der Waals surface area contributed by atoms with Crippen LogP contribution in [-0.4, -0.2) is 30.9 Å². The van der Waals surface area contributed by atoms with E-state index >= 15 is 0 Å². The summed E-state index contributed by atoms with van der Waals surface area (Å²) in [6.07, 6.45) is 3.58. The molecule has 3 heterocycles. The first-order valence-electron chi connectivity index (χ1n) is 7.70. The number of fused-ring (bicyclic) bond motifs is 3. The van der Waals surface area contributed by atoms with Crippen LogP contribution in [0.5, 0.6) is 5.75 Å². The summed E-state index contributed by atoms with van der Waals surface area (Å²) < 4.78 is 9.81. The van der Waals surface area contributed by atoms with Crippen molar-refractivity contribution in [2.45, 2.75) is 31.3 Å². The van der Waals surface area contributed by atoms with Crippen LogP contribution in [0.15, 0.2) is 35.6 Å². The maximum absolute atomic E-state index is 5.91. The zero-order valence-electron chi connectivity index (χ0n) is 13.3. The minimum atomic E-state index is 0.221. The van der Waals surface area contributed by atoms with Gasteiger partial charge in [-0.25, -0.2) is 14.6 Å². The molecule has 3 aromatic rings. The molecule has 24 heavy (non-hydrogen) atoms. The van der Waals surface area contributed by atoms with Gasteiger partial charge in [-0.05, 0) is 53.7 Å². The van der Waals surface area contributed by atoms with Gasteiger partial charge in [-0.2, -0.15) is 5.10 Å². The highest BCUT2D eigenvalue weighted by Gasteiger charge is 2.21. The fourth-order valence-electron chi connectivity index (χ4n) is 2.83. The summed E-state index contributed by atoms with van der Waals surface area (Å²) in [6.45, 7) is 5.48. The average molecular weight is 362 g/mol. The minimum absolute atomic E-state index is 0.221. The van der Waals surface area contributed by atoms with Crippen LogP contribution in [0, 0.1) is 0 Å². The van der Waals surface area contributed by atoms with Crippen molar-refractivity contribution in [3.05, 3.63) is 30.7 Å². The first-order chi connectivity index (χ1) is 11.7. The van der Waals surface area contributed by atoms with Crippen molar-refractivity contribution in [3.8, 4) is 28.7 Å². The van der Waals surface area contributed by atoms with Gasteiger partial charge >= 0.3 is 0 Å². The number of aromatic nitrogens is 5. The van der Waals surface area contributed by atoms with E-state index in [2.05, 4.69) is 28.5 Å². The first kappa shape index (κ1) is 15.5. The third-order valence-corrected chi connectivity index (χ3v) is 4.91. The number of nitrogens with zero attached hydrogens (tertiary/aromatic N) is 5. The Labute approximate surface area is 148 Å². The quantitative estimate of drug-likeness (QED) is 0.705. The molecule has 0 radical (unpaired) electrons. The van der Waals surface area contributed by atoms with Crippen LogP contribution >= 0.6 is 21.7 Å². The summed E-state index contributed by atoms with van der Waals surface area (Å²) in [4.78, 5) is 10.2. The van der Waals surface area contributed by atoms with Gasteiger partial charge in [-0.3, -0.25) is 0 Å². The molecule has 0 N–H and O–H groups in total. The molecule has 0 saturated heterocycles. The Morgan fingerprint density at radius 1 is 1.29 bits per heavy atom. The van der Waals surface area contributed by atoms with E-state index in [0.29, 0.717) is 6.61 Å². The number of imidazole rings is 1. The molecule has 8 heteroatoms. The fraction of sp³-hybridized carbons (Fsp3) is 0.312. The normalized spacial score (nSPS) is 13.3. The molecule has 0 saturated carbocycles. The number of hydrogen-bond donors (Lipinski definition) is 0. The number of hydrogen-bond acceptors (Lipinski definition) is 5. The van der Waals surface area contributed by atoms with Gasteiger partial charge in [0.25, 0.3) is 0 Å². The molecule has 0 unspecified atom stereocenters. The van der Waals surface area contributed by atoms with Crippen molar-refractivity contribution < 1.29 is 4.74 Å². The average Bonchev–Trinajstić information content (AvgIpc) is 3.19. The van der Waals surface area contributed by atoms with E-state index in [1.165, 1.54) is 11.0 Å². The molecule has 124 valence electrons. The lowest BCUT2D eigenvalue weighted by Gasteiger charge is -2.08. The van der Waals surface area contributed by atoms with Crippen molar-refractivity contribution in [1.82, 2.24) is 24.3 Å². The first-order valence-corrected chi connectivity index (χ1v) is 9.34. The summed E-state index contributed by atoms with van der Waals surface area (Å²) in [6, 6.07) is 6.12. The predicted molar refractivity (Wildman–Crippen MR) is 94.3 cm³/mol. The van der Waals surface area contributed by atoms with Gasteiger partial charge in [-0.15, -0.1) is 0 Å². The highest BCUT2D eigenvalue weighted by atomic mass is 35.7. The van der Waals surface area contributed by atoms with Crippen LogP contribution in [0.3, 0.4) is 0 Å². The SMILES string of the molecule is CC(C)n1ncnc1-c1cn2c(n1)-c1cc(SCl)ccc1OCC2. The Morgan fingerprint density at radius 2 is 2.17 bits per heavy atom. The lowest BCUT2D eigenvalue weighted by molar-refractivity contribution is 0.306. The third kappa shape index (κ3) is 2.57. The lowest BCUT2D eigenvalue weighted by atomic mass is 10.2. The van der Waals surface area contributed by atoms with E-state index in [-0.39, 0.29) is 6.04 Å². The summed E-state index contributed by atoms with van der Waals surface area (Å²) in [5.74, 6) is 2.46. The Morgan fingerprint density at radius 3 is 2.96 bits per heavy atom. The van der Waals surface area contributed by atoms with Crippen molar-refractivity contribution in [1.29, 1.82) is 0 Å². The van der Waals surface area contributed by atoms with Crippen LogP contribution in [0.4, 0.5) is 0 Å². The summed E-state index contributed by atoms with van der Waals surface area (Å²) >= 11 is 0. The molecule has 1 aliphatic heterocycles. The molecular weight excluding hydrogens is 346 g/mol. The standard InChI is InChI=1S/C16H16ClN5OS/c1-10(2)22-16(18-9-19-22)13-8-21-5-6-23-14-4-3-11(24-17)7-12(14)15(21)20-13/h3-4,7-10H,5-6H2,1-2H3.